The summed E-state index contributed by atoms with van der Waals surface area (Å²) >= 11 is 0. The fraction of sp³-hybridized carbons (Fsp3) is 0.500. The summed E-state index contributed by atoms with van der Waals surface area (Å²) in [6.45, 7) is 2.37. The highest BCUT2D eigenvalue weighted by molar-refractivity contribution is 7.87. The maximum Gasteiger partial charge on any atom is 0.322 e. The van der Waals surface area contributed by atoms with E-state index in [-0.39, 0.29) is 13.1 Å². The number of aryl methyl sites for hydroxylation is 1. The second kappa shape index (κ2) is 6.55. The molecule has 0 saturated carbocycles. The van der Waals surface area contributed by atoms with Crippen LogP contribution in [0.1, 0.15) is 30.4 Å². The second-order valence-electron chi connectivity index (χ2n) is 5.27. The van der Waals surface area contributed by atoms with Crippen molar-refractivity contribution in [2.45, 2.75) is 38.8 Å². The zero-order valence-electron chi connectivity index (χ0n) is 11.9. The minimum absolute atomic E-state index is 0.158. The zero-order valence-corrected chi connectivity index (χ0v) is 12.8. The van der Waals surface area contributed by atoms with Gasteiger partial charge in [0.15, 0.2) is 0 Å². The van der Waals surface area contributed by atoms with Crippen molar-refractivity contribution in [2.24, 2.45) is 0 Å². The molecule has 1 aliphatic heterocycles. The van der Waals surface area contributed by atoms with Crippen molar-refractivity contribution in [3.63, 3.8) is 0 Å². The Morgan fingerprint density at radius 1 is 1.33 bits per heavy atom. The zero-order chi connectivity index (χ0) is 15.5. The number of carboxylic acid groups (broad SMARTS) is 1. The summed E-state index contributed by atoms with van der Waals surface area (Å²) in [7, 11) is -3.78. The lowest BCUT2D eigenvalue weighted by molar-refractivity contribution is -0.142. The van der Waals surface area contributed by atoms with Gasteiger partial charge < -0.3 is 5.11 Å². The van der Waals surface area contributed by atoms with Crippen LogP contribution in [-0.4, -0.2) is 36.4 Å². The van der Waals surface area contributed by atoms with Crippen molar-refractivity contribution in [1.29, 1.82) is 0 Å². The van der Waals surface area contributed by atoms with E-state index in [4.69, 9.17) is 5.11 Å². The molecular formula is C14H20N2O4S. The molecule has 2 rings (SSSR count). The standard InChI is InChI=1S/C14H20N2O4S/c1-11-5-7-12(8-6-11)10-15-21(19,20)16-9-3-2-4-13(16)14(17)18/h5-8,13,15H,2-4,9-10H2,1H3,(H,17,18). The third kappa shape index (κ3) is 4.03. The molecule has 0 aliphatic carbocycles. The van der Waals surface area contributed by atoms with Crippen LogP contribution in [0, 0.1) is 6.92 Å². The van der Waals surface area contributed by atoms with E-state index in [2.05, 4.69) is 4.72 Å². The SMILES string of the molecule is Cc1ccc(CNS(=O)(=O)N2CCCCC2C(=O)O)cc1. The number of nitrogens with one attached hydrogen (secondary N) is 1. The molecule has 0 bridgehead atoms. The lowest BCUT2D eigenvalue weighted by Crippen LogP contribution is -2.51. The Morgan fingerprint density at radius 2 is 2.00 bits per heavy atom. The van der Waals surface area contributed by atoms with Crippen molar-refractivity contribution < 1.29 is 18.3 Å². The maximum absolute atomic E-state index is 12.3. The van der Waals surface area contributed by atoms with E-state index in [1.54, 1.807) is 0 Å². The highest BCUT2D eigenvalue weighted by atomic mass is 32.2. The van der Waals surface area contributed by atoms with Crippen LogP contribution in [-0.2, 0) is 21.5 Å². The van der Waals surface area contributed by atoms with Crippen molar-refractivity contribution in [3.8, 4) is 0 Å². The van der Waals surface area contributed by atoms with Gasteiger partial charge in [-0.2, -0.15) is 17.4 Å². The predicted molar refractivity (Wildman–Crippen MR) is 78.9 cm³/mol. The summed E-state index contributed by atoms with van der Waals surface area (Å²) in [5, 5.41) is 9.15. The quantitative estimate of drug-likeness (QED) is 0.857. The second-order valence-corrected chi connectivity index (χ2v) is 6.98. The molecule has 1 aromatic rings. The van der Waals surface area contributed by atoms with Gasteiger partial charge in [-0.05, 0) is 31.7 Å². The highest BCUT2D eigenvalue weighted by Crippen LogP contribution is 2.20. The minimum Gasteiger partial charge on any atom is -0.480 e. The first-order valence-corrected chi connectivity index (χ1v) is 8.39. The number of carbonyl (C=O) groups is 1. The molecule has 1 aromatic carbocycles. The minimum atomic E-state index is -3.78. The summed E-state index contributed by atoms with van der Waals surface area (Å²) in [6.07, 6.45) is 1.79. The third-order valence-electron chi connectivity index (χ3n) is 3.63. The Hall–Kier alpha value is -1.44. The van der Waals surface area contributed by atoms with E-state index < -0.39 is 22.2 Å². The van der Waals surface area contributed by atoms with Gasteiger partial charge in [0, 0.05) is 13.1 Å². The van der Waals surface area contributed by atoms with E-state index in [1.165, 1.54) is 0 Å². The summed E-state index contributed by atoms with van der Waals surface area (Å²) in [5.41, 5.74) is 1.94. The van der Waals surface area contributed by atoms with E-state index in [9.17, 15) is 13.2 Å². The molecule has 0 aromatic heterocycles. The number of nitrogens with zero attached hydrogens (tertiary/aromatic N) is 1. The van der Waals surface area contributed by atoms with E-state index in [0.29, 0.717) is 12.8 Å². The summed E-state index contributed by atoms with van der Waals surface area (Å²) in [5.74, 6) is -1.09. The van der Waals surface area contributed by atoms with Crippen molar-refractivity contribution >= 4 is 16.2 Å². The topological polar surface area (TPSA) is 86.7 Å². The lowest BCUT2D eigenvalue weighted by Gasteiger charge is -2.31. The van der Waals surface area contributed by atoms with Crippen LogP contribution < -0.4 is 4.72 Å². The van der Waals surface area contributed by atoms with Gasteiger partial charge in [-0.1, -0.05) is 29.8 Å². The molecular weight excluding hydrogens is 292 g/mol. The van der Waals surface area contributed by atoms with E-state index >= 15 is 0 Å². The summed E-state index contributed by atoms with van der Waals surface area (Å²) in [4.78, 5) is 11.2. The average molecular weight is 312 g/mol. The first-order valence-electron chi connectivity index (χ1n) is 6.95. The fourth-order valence-corrected chi connectivity index (χ4v) is 3.82. The van der Waals surface area contributed by atoms with Crippen LogP contribution in [0.3, 0.4) is 0 Å². The highest BCUT2D eigenvalue weighted by Gasteiger charge is 2.36. The molecule has 6 nitrogen and oxygen atoms in total. The molecule has 0 amide bonds. The van der Waals surface area contributed by atoms with Crippen LogP contribution in [0.15, 0.2) is 24.3 Å². The lowest BCUT2D eigenvalue weighted by atomic mass is 10.1. The van der Waals surface area contributed by atoms with Gasteiger partial charge in [0.1, 0.15) is 6.04 Å². The van der Waals surface area contributed by atoms with Gasteiger partial charge in [0.25, 0.3) is 10.2 Å². The molecule has 1 unspecified atom stereocenters. The number of benzene rings is 1. The summed E-state index contributed by atoms with van der Waals surface area (Å²) < 4.78 is 28.1. The Balaban J connectivity index is 2.06. The Kier molecular flexibility index (Phi) is 4.97. The molecule has 1 atom stereocenters. The van der Waals surface area contributed by atoms with Gasteiger partial charge in [-0.3, -0.25) is 4.79 Å². The number of piperidine rings is 1. The van der Waals surface area contributed by atoms with Crippen LogP contribution in [0.2, 0.25) is 0 Å². The smallest absolute Gasteiger partial charge is 0.322 e. The normalized spacial score (nSPS) is 20.3. The maximum atomic E-state index is 12.3. The molecule has 1 heterocycles. The number of rotatable bonds is 5. The van der Waals surface area contributed by atoms with Crippen molar-refractivity contribution in [2.75, 3.05) is 6.54 Å². The van der Waals surface area contributed by atoms with Crippen LogP contribution in [0.5, 0.6) is 0 Å². The number of hydrogen-bond acceptors (Lipinski definition) is 3. The molecule has 21 heavy (non-hydrogen) atoms. The van der Waals surface area contributed by atoms with E-state index in [1.807, 2.05) is 31.2 Å². The van der Waals surface area contributed by atoms with Crippen LogP contribution in [0.25, 0.3) is 0 Å². The van der Waals surface area contributed by atoms with Gasteiger partial charge in [0.2, 0.25) is 0 Å². The van der Waals surface area contributed by atoms with E-state index in [0.717, 1.165) is 21.9 Å². The van der Waals surface area contributed by atoms with Crippen LogP contribution in [0.4, 0.5) is 0 Å². The molecule has 116 valence electrons. The Bertz CT molecular complexity index is 598. The first kappa shape index (κ1) is 15.9. The van der Waals surface area contributed by atoms with Gasteiger partial charge in [0.05, 0.1) is 0 Å². The fourth-order valence-electron chi connectivity index (χ4n) is 2.40. The van der Waals surface area contributed by atoms with Crippen molar-refractivity contribution in [3.05, 3.63) is 35.4 Å². The molecule has 7 heteroatoms. The molecule has 1 saturated heterocycles. The number of hydrogen-bond donors (Lipinski definition) is 2. The molecule has 0 radical (unpaired) electrons. The Morgan fingerprint density at radius 3 is 2.62 bits per heavy atom. The van der Waals surface area contributed by atoms with Gasteiger partial charge in [-0.25, -0.2) is 0 Å². The largest absolute Gasteiger partial charge is 0.480 e. The Labute approximate surface area is 125 Å². The predicted octanol–water partition coefficient (Wildman–Crippen LogP) is 1.27. The van der Waals surface area contributed by atoms with Gasteiger partial charge in [-0.15, -0.1) is 0 Å². The summed E-state index contributed by atoms with van der Waals surface area (Å²) in [6, 6.07) is 6.55. The molecule has 1 fully saturated rings. The number of carboxylic acids is 1. The third-order valence-corrected chi connectivity index (χ3v) is 5.19. The van der Waals surface area contributed by atoms with Crippen LogP contribution >= 0.6 is 0 Å². The van der Waals surface area contributed by atoms with Crippen molar-refractivity contribution in [1.82, 2.24) is 9.03 Å². The number of aliphatic carboxylic acids is 1. The monoisotopic (exact) mass is 312 g/mol. The van der Waals surface area contributed by atoms with Gasteiger partial charge >= 0.3 is 5.97 Å². The molecule has 2 N–H and O–H groups in total. The molecule has 0 spiro atoms. The molecule has 1 aliphatic rings. The first-order chi connectivity index (χ1) is 9.90. The average Bonchev–Trinajstić information content (AvgIpc) is 2.47.